The third kappa shape index (κ3) is 5.11. The highest BCUT2D eigenvalue weighted by Gasteiger charge is 1.84. The maximum absolute atomic E-state index is 7.20. The minimum absolute atomic E-state index is 0.375. The highest BCUT2D eigenvalue weighted by atomic mass is 14.9. The van der Waals surface area contributed by atoms with Gasteiger partial charge >= 0.3 is 0 Å². The molecular formula is C6H14N4. The van der Waals surface area contributed by atoms with Gasteiger partial charge in [-0.15, -0.1) is 0 Å². The van der Waals surface area contributed by atoms with Gasteiger partial charge in [-0.25, -0.2) is 0 Å². The van der Waals surface area contributed by atoms with Crippen LogP contribution < -0.4 is 16.4 Å². The van der Waals surface area contributed by atoms with Crippen LogP contribution in [0.15, 0.2) is 12.3 Å². The number of hydrogen-bond donors (Lipinski definition) is 4. The standard InChI is InChI=1S/C6H14N4/c1-9-4-2-6(8)10-5-3-7/h2,4,9H,3,5,7H2,1H3,(H2,8,10)/b4-2-. The van der Waals surface area contributed by atoms with Gasteiger partial charge < -0.3 is 16.4 Å². The molecule has 0 saturated carbocycles. The Bertz CT molecular complexity index is 119. The number of rotatable bonds is 4. The predicted octanol–water partition coefficient (Wildman–Crippen LogP) is -0.755. The predicted molar refractivity (Wildman–Crippen MR) is 43.0 cm³/mol. The quantitative estimate of drug-likeness (QED) is 0.308. The molecule has 0 atom stereocenters. The van der Waals surface area contributed by atoms with Crippen LogP contribution >= 0.6 is 0 Å². The van der Waals surface area contributed by atoms with Crippen LogP contribution in [0.5, 0.6) is 0 Å². The first-order chi connectivity index (χ1) is 4.81. The van der Waals surface area contributed by atoms with Crippen molar-refractivity contribution in [1.82, 2.24) is 10.6 Å². The molecule has 0 aromatic carbocycles. The van der Waals surface area contributed by atoms with E-state index in [1.165, 1.54) is 0 Å². The van der Waals surface area contributed by atoms with Gasteiger partial charge in [-0.2, -0.15) is 0 Å². The van der Waals surface area contributed by atoms with Gasteiger partial charge in [0.25, 0.3) is 0 Å². The highest BCUT2D eigenvalue weighted by Crippen LogP contribution is 1.68. The van der Waals surface area contributed by atoms with E-state index < -0.39 is 0 Å². The summed E-state index contributed by atoms with van der Waals surface area (Å²) in [6.07, 6.45) is 3.32. The van der Waals surface area contributed by atoms with Gasteiger partial charge in [0.05, 0.1) is 0 Å². The molecule has 0 aliphatic heterocycles. The lowest BCUT2D eigenvalue weighted by molar-refractivity contribution is 0.873. The van der Waals surface area contributed by atoms with Crippen molar-refractivity contribution < 1.29 is 0 Å². The first kappa shape index (κ1) is 8.97. The van der Waals surface area contributed by atoms with Gasteiger partial charge in [-0.05, 0) is 12.3 Å². The molecule has 0 fully saturated rings. The number of nitrogens with one attached hydrogen (secondary N) is 3. The molecule has 0 bridgehead atoms. The van der Waals surface area contributed by atoms with E-state index >= 15 is 0 Å². The highest BCUT2D eigenvalue weighted by molar-refractivity contribution is 5.89. The van der Waals surface area contributed by atoms with Gasteiger partial charge in [0.1, 0.15) is 5.84 Å². The number of amidine groups is 1. The third-order valence-electron chi connectivity index (χ3n) is 0.876. The lowest BCUT2D eigenvalue weighted by Gasteiger charge is -1.99. The van der Waals surface area contributed by atoms with Crippen molar-refractivity contribution in [3.05, 3.63) is 12.3 Å². The molecule has 10 heavy (non-hydrogen) atoms. The molecule has 0 rings (SSSR count). The second kappa shape index (κ2) is 6.10. The summed E-state index contributed by atoms with van der Waals surface area (Å²) >= 11 is 0. The van der Waals surface area contributed by atoms with Crippen LogP contribution in [0.1, 0.15) is 0 Å². The Morgan fingerprint density at radius 1 is 1.70 bits per heavy atom. The summed E-state index contributed by atoms with van der Waals surface area (Å²) in [5, 5.41) is 12.8. The summed E-state index contributed by atoms with van der Waals surface area (Å²) < 4.78 is 0. The summed E-state index contributed by atoms with van der Waals surface area (Å²) in [6, 6.07) is 0. The summed E-state index contributed by atoms with van der Waals surface area (Å²) in [5.74, 6) is 0.375. The second-order valence-electron chi connectivity index (χ2n) is 1.75. The van der Waals surface area contributed by atoms with E-state index in [1.54, 1.807) is 19.3 Å². The summed E-state index contributed by atoms with van der Waals surface area (Å²) in [4.78, 5) is 0. The minimum atomic E-state index is 0.375. The van der Waals surface area contributed by atoms with E-state index in [4.69, 9.17) is 11.1 Å². The molecule has 0 amide bonds. The molecule has 5 N–H and O–H groups in total. The Morgan fingerprint density at radius 3 is 2.90 bits per heavy atom. The molecule has 0 aromatic heterocycles. The molecule has 0 aliphatic rings. The smallest absolute Gasteiger partial charge is 0.119 e. The normalized spacial score (nSPS) is 9.80. The van der Waals surface area contributed by atoms with Crippen molar-refractivity contribution in [1.29, 1.82) is 5.41 Å². The summed E-state index contributed by atoms with van der Waals surface area (Å²) in [7, 11) is 1.78. The fourth-order valence-corrected chi connectivity index (χ4v) is 0.432. The molecule has 0 spiro atoms. The SMILES string of the molecule is CN/C=C\C(=N)NCCN. The van der Waals surface area contributed by atoms with Crippen LogP contribution in [0.25, 0.3) is 0 Å². The van der Waals surface area contributed by atoms with Gasteiger partial charge in [-0.1, -0.05) is 0 Å². The fraction of sp³-hybridized carbons (Fsp3) is 0.500. The monoisotopic (exact) mass is 142 g/mol. The Kier molecular flexibility index (Phi) is 5.47. The third-order valence-corrected chi connectivity index (χ3v) is 0.876. The van der Waals surface area contributed by atoms with Crippen molar-refractivity contribution in [2.24, 2.45) is 5.73 Å². The Labute approximate surface area is 61.0 Å². The van der Waals surface area contributed by atoms with Crippen molar-refractivity contribution in [3.63, 3.8) is 0 Å². The van der Waals surface area contributed by atoms with Crippen LogP contribution in [-0.4, -0.2) is 26.0 Å². The summed E-state index contributed by atoms with van der Waals surface area (Å²) in [6.45, 7) is 1.20. The Morgan fingerprint density at radius 2 is 2.40 bits per heavy atom. The van der Waals surface area contributed by atoms with E-state index in [0.29, 0.717) is 18.9 Å². The molecule has 0 heterocycles. The van der Waals surface area contributed by atoms with Gasteiger partial charge in [0.2, 0.25) is 0 Å². The average Bonchev–Trinajstić information content (AvgIpc) is 1.97. The van der Waals surface area contributed by atoms with Gasteiger partial charge in [-0.3, -0.25) is 5.41 Å². The number of nitrogens with two attached hydrogens (primary N) is 1. The first-order valence-electron chi connectivity index (χ1n) is 3.17. The molecule has 0 radical (unpaired) electrons. The molecule has 4 nitrogen and oxygen atoms in total. The fourth-order valence-electron chi connectivity index (χ4n) is 0.432. The molecule has 4 heteroatoms. The van der Waals surface area contributed by atoms with Crippen molar-refractivity contribution in [2.75, 3.05) is 20.1 Å². The zero-order valence-corrected chi connectivity index (χ0v) is 6.15. The maximum Gasteiger partial charge on any atom is 0.119 e. The molecule has 0 aliphatic carbocycles. The van der Waals surface area contributed by atoms with E-state index in [2.05, 4.69) is 10.6 Å². The first-order valence-corrected chi connectivity index (χ1v) is 3.17. The summed E-state index contributed by atoms with van der Waals surface area (Å²) in [5.41, 5.74) is 5.21. The van der Waals surface area contributed by atoms with Gasteiger partial charge in [0, 0.05) is 20.1 Å². The van der Waals surface area contributed by atoms with Gasteiger partial charge in [0.15, 0.2) is 0 Å². The minimum Gasteiger partial charge on any atom is -0.394 e. The molecule has 0 saturated heterocycles. The van der Waals surface area contributed by atoms with Crippen molar-refractivity contribution in [2.45, 2.75) is 0 Å². The Balaban J connectivity index is 3.34. The zero-order valence-electron chi connectivity index (χ0n) is 6.15. The van der Waals surface area contributed by atoms with E-state index in [0.717, 1.165) is 0 Å². The second-order valence-corrected chi connectivity index (χ2v) is 1.75. The maximum atomic E-state index is 7.20. The van der Waals surface area contributed by atoms with E-state index in [-0.39, 0.29) is 0 Å². The van der Waals surface area contributed by atoms with E-state index in [9.17, 15) is 0 Å². The molecule has 0 unspecified atom stereocenters. The largest absolute Gasteiger partial charge is 0.394 e. The van der Waals surface area contributed by atoms with Crippen LogP contribution in [0, 0.1) is 5.41 Å². The molecular weight excluding hydrogens is 128 g/mol. The van der Waals surface area contributed by atoms with Crippen LogP contribution in [0.3, 0.4) is 0 Å². The lowest BCUT2D eigenvalue weighted by atomic mass is 10.5. The van der Waals surface area contributed by atoms with Crippen LogP contribution in [0.2, 0.25) is 0 Å². The van der Waals surface area contributed by atoms with Crippen LogP contribution in [0.4, 0.5) is 0 Å². The molecule has 0 aromatic rings. The average molecular weight is 142 g/mol. The lowest BCUT2D eigenvalue weighted by Crippen LogP contribution is -2.27. The number of hydrogen-bond acceptors (Lipinski definition) is 3. The van der Waals surface area contributed by atoms with Crippen LogP contribution in [-0.2, 0) is 0 Å². The van der Waals surface area contributed by atoms with E-state index in [1.807, 2.05) is 0 Å². The topological polar surface area (TPSA) is 73.9 Å². The molecule has 58 valence electrons. The zero-order chi connectivity index (χ0) is 7.82. The van der Waals surface area contributed by atoms with Crippen molar-refractivity contribution in [3.8, 4) is 0 Å². The Hall–Kier alpha value is -1.03. The van der Waals surface area contributed by atoms with Crippen molar-refractivity contribution >= 4 is 5.84 Å².